The summed E-state index contributed by atoms with van der Waals surface area (Å²) >= 11 is 0. The van der Waals surface area contributed by atoms with Gasteiger partial charge >= 0.3 is 0 Å². The molecule has 0 bridgehead atoms. The van der Waals surface area contributed by atoms with Crippen LogP contribution < -0.4 is 5.32 Å². The Morgan fingerprint density at radius 3 is 2.60 bits per heavy atom. The lowest BCUT2D eigenvalue weighted by molar-refractivity contribution is 0.0938. The van der Waals surface area contributed by atoms with Crippen molar-refractivity contribution in [1.29, 1.82) is 0 Å². The maximum Gasteiger partial charge on any atom is 0.128 e. The molecule has 20 heavy (non-hydrogen) atoms. The van der Waals surface area contributed by atoms with E-state index in [1.807, 2.05) is 12.1 Å². The molecule has 0 aliphatic rings. The SMILES string of the molecule is CCNCc1ccc(F)c(COCCN(CC)CC)c1. The van der Waals surface area contributed by atoms with Crippen molar-refractivity contribution in [2.45, 2.75) is 33.9 Å². The van der Waals surface area contributed by atoms with Crippen LogP contribution in [0.3, 0.4) is 0 Å². The van der Waals surface area contributed by atoms with Gasteiger partial charge in [0.2, 0.25) is 0 Å². The van der Waals surface area contributed by atoms with Gasteiger partial charge in [0.15, 0.2) is 0 Å². The van der Waals surface area contributed by atoms with Gasteiger partial charge in [-0.15, -0.1) is 0 Å². The first kappa shape index (κ1) is 17.1. The molecule has 3 nitrogen and oxygen atoms in total. The molecule has 4 heteroatoms. The summed E-state index contributed by atoms with van der Waals surface area (Å²) in [6.07, 6.45) is 0. The van der Waals surface area contributed by atoms with Crippen molar-refractivity contribution >= 4 is 0 Å². The monoisotopic (exact) mass is 282 g/mol. The van der Waals surface area contributed by atoms with E-state index < -0.39 is 0 Å². The van der Waals surface area contributed by atoms with Gasteiger partial charge in [-0.25, -0.2) is 4.39 Å². The molecule has 0 aliphatic carbocycles. The highest BCUT2D eigenvalue weighted by atomic mass is 19.1. The summed E-state index contributed by atoms with van der Waals surface area (Å²) in [6.45, 7) is 11.9. The van der Waals surface area contributed by atoms with Crippen LogP contribution in [0.25, 0.3) is 0 Å². The minimum absolute atomic E-state index is 0.187. The van der Waals surface area contributed by atoms with Gasteiger partial charge in [0.25, 0.3) is 0 Å². The van der Waals surface area contributed by atoms with E-state index in [1.54, 1.807) is 0 Å². The van der Waals surface area contributed by atoms with Crippen molar-refractivity contribution in [2.75, 3.05) is 32.8 Å². The molecule has 0 saturated heterocycles. The molecule has 1 N–H and O–H groups in total. The Hall–Kier alpha value is -0.970. The van der Waals surface area contributed by atoms with Crippen molar-refractivity contribution in [3.63, 3.8) is 0 Å². The average Bonchev–Trinajstić information content (AvgIpc) is 2.47. The molecular weight excluding hydrogens is 255 g/mol. The largest absolute Gasteiger partial charge is 0.375 e. The molecule has 0 aromatic heterocycles. The lowest BCUT2D eigenvalue weighted by atomic mass is 10.1. The van der Waals surface area contributed by atoms with E-state index in [2.05, 4.69) is 31.0 Å². The second kappa shape index (κ2) is 9.86. The van der Waals surface area contributed by atoms with Gasteiger partial charge in [-0.1, -0.05) is 26.8 Å². The number of likely N-dealkylation sites (N-methyl/N-ethyl adjacent to an activating group) is 1. The molecule has 0 fully saturated rings. The first-order valence-electron chi connectivity index (χ1n) is 7.49. The van der Waals surface area contributed by atoms with Crippen LogP contribution in [0.4, 0.5) is 4.39 Å². The Balaban J connectivity index is 2.42. The van der Waals surface area contributed by atoms with Crippen molar-refractivity contribution < 1.29 is 9.13 Å². The highest BCUT2D eigenvalue weighted by Gasteiger charge is 2.05. The fraction of sp³-hybridized carbons (Fsp3) is 0.625. The molecule has 0 heterocycles. The van der Waals surface area contributed by atoms with Crippen molar-refractivity contribution in [1.82, 2.24) is 10.2 Å². The van der Waals surface area contributed by atoms with Crippen LogP contribution in [0.5, 0.6) is 0 Å². The van der Waals surface area contributed by atoms with Gasteiger partial charge in [-0.3, -0.25) is 0 Å². The van der Waals surface area contributed by atoms with Crippen LogP contribution in [0.15, 0.2) is 18.2 Å². The summed E-state index contributed by atoms with van der Waals surface area (Å²) in [7, 11) is 0. The first-order valence-corrected chi connectivity index (χ1v) is 7.49. The third kappa shape index (κ3) is 5.99. The highest BCUT2D eigenvalue weighted by molar-refractivity contribution is 5.24. The highest BCUT2D eigenvalue weighted by Crippen LogP contribution is 2.12. The quantitative estimate of drug-likeness (QED) is 0.668. The molecule has 1 rings (SSSR count). The lowest BCUT2D eigenvalue weighted by Crippen LogP contribution is -2.27. The summed E-state index contributed by atoms with van der Waals surface area (Å²) in [6, 6.07) is 5.22. The second-order valence-corrected chi connectivity index (χ2v) is 4.79. The minimum Gasteiger partial charge on any atom is -0.375 e. The van der Waals surface area contributed by atoms with Crippen LogP contribution in [-0.4, -0.2) is 37.7 Å². The van der Waals surface area contributed by atoms with Gasteiger partial charge in [-0.2, -0.15) is 0 Å². The molecule has 0 aliphatic heterocycles. The zero-order chi connectivity index (χ0) is 14.8. The molecule has 0 atom stereocenters. The Morgan fingerprint density at radius 2 is 1.95 bits per heavy atom. The molecule has 0 radical (unpaired) electrons. The number of halogens is 1. The summed E-state index contributed by atoms with van der Waals surface area (Å²) in [5.74, 6) is -0.187. The third-order valence-corrected chi connectivity index (χ3v) is 3.39. The standard InChI is InChI=1S/C16H27FN2O/c1-4-18-12-14-7-8-16(17)15(11-14)13-20-10-9-19(5-2)6-3/h7-8,11,18H,4-6,9-10,12-13H2,1-3H3. The number of hydrogen-bond donors (Lipinski definition) is 1. The van der Waals surface area contributed by atoms with Gasteiger partial charge in [0.05, 0.1) is 13.2 Å². The number of rotatable bonds is 10. The molecule has 0 amide bonds. The van der Waals surface area contributed by atoms with Gasteiger partial charge in [0, 0.05) is 18.7 Å². The van der Waals surface area contributed by atoms with Gasteiger partial charge < -0.3 is 15.0 Å². The van der Waals surface area contributed by atoms with E-state index in [4.69, 9.17) is 4.74 Å². The summed E-state index contributed by atoms with van der Waals surface area (Å²) < 4.78 is 19.3. The smallest absolute Gasteiger partial charge is 0.128 e. The van der Waals surface area contributed by atoms with Crippen molar-refractivity contribution in [3.05, 3.63) is 35.1 Å². The fourth-order valence-corrected chi connectivity index (χ4v) is 2.03. The second-order valence-electron chi connectivity index (χ2n) is 4.79. The van der Waals surface area contributed by atoms with E-state index in [0.29, 0.717) is 18.8 Å². The molecule has 114 valence electrons. The zero-order valence-corrected chi connectivity index (χ0v) is 12.9. The topological polar surface area (TPSA) is 24.5 Å². The van der Waals surface area contributed by atoms with E-state index in [1.165, 1.54) is 6.07 Å². The van der Waals surface area contributed by atoms with Crippen molar-refractivity contribution in [3.8, 4) is 0 Å². The molecule has 0 saturated carbocycles. The maximum absolute atomic E-state index is 13.7. The molecule has 0 unspecified atom stereocenters. The van der Waals surface area contributed by atoms with Gasteiger partial charge in [0.1, 0.15) is 5.82 Å². The lowest BCUT2D eigenvalue weighted by Gasteiger charge is -2.17. The van der Waals surface area contributed by atoms with Crippen LogP contribution in [0.1, 0.15) is 31.9 Å². The van der Waals surface area contributed by atoms with Crippen LogP contribution in [0, 0.1) is 5.82 Å². The Morgan fingerprint density at radius 1 is 1.20 bits per heavy atom. The van der Waals surface area contributed by atoms with E-state index in [9.17, 15) is 4.39 Å². The minimum atomic E-state index is -0.187. The van der Waals surface area contributed by atoms with E-state index in [0.717, 1.165) is 38.3 Å². The summed E-state index contributed by atoms with van der Waals surface area (Å²) in [5, 5.41) is 3.24. The number of ether oxygens (including phenoxy) is 1. The molecule has 0 spiro atoms. The average molecular weight is 282 g/mol. The number of nitrogens with one attached hydrogen (secondary N) is 1. The number of nitrogens with zero attached hydrogens (tertiary/aromatic N) is 1. The van der Waals surface area contributed by atoms with Crippen molar-refractivity contribution in [2.24, 2.45) is 0 Å². The maximum atomic E-state index is 13.7. The van der Waals surface area contributed by atoms with Gasteiger partial charge in [-0.05, 0) is 37.3 Å². The zero-order valence-electron chi connectivity index (χ0n) is 12.9. The van der Waals surface area contributed by atoms with E-state index >= 15 is 0 Å². The van der Waals surface area contributed by atoms with Crippen LogP contribution >= 0.6 is 0 Å². The molecular formula is C16H27FN2O. The first-order chi connectivity index (χ1) is 9.71. The van der Waals surface area contributed by atoms with Crippen LogP contribution in [0.2, 0.25) is 0 Å². The third-order valence-electron chi connectivity index (χ3n) is 3.39. The normalized spacial score (nSPS) is 11.2. The number of hydrogen-bond acceptors (Lipinski definition) is 3. The van der Waals surface area contributed by atoms with E-state index in [-0.39, 0.29) is 5.82 Å². The molecule has 1 aromatic carbocycles. The molecule has 1 aromatic rings. The Bertz CT molecular complexity index is 381. The predicted molar refractivity (Wildman–Crippen MR) is 81.2 cm³/mol. The Kier molecular flexibility index (Phi) is 8.42. The number of benzene rings is 1. The fourth-order valence-electron chi connectivity index (χ4n) is 2.03. The van der Waals surface area contributed by atoms with Crippen LogP contribution in [-0.2, 0) is 17.9 Å². The predicted octanol–water partition coefficient (Wildman–Crippen LogP) is 2.79. The summed E-state index contributed by atoms with van der Waals surface area (Å²) in [4.78, 5) is 2.29. The Labute approximate surface area is 122 Å². The summed E-state index contributed by atoms with van der Waals surface area (Å²) in [5.41, 5.74) is 1.73.